The van der Waals surface area contributed by atoms with E-state index in [0.29, 0.717) is 0 Å². The predicted molar refractivity (Wildman–Crippen MR) is 64.2 cm³/mol. The highest BCUT2D eigenvalue weighted by Gasteiger charge is 2.23. The van der Waals surface area contributed by atoms with Crippen molar-refractivity contribution in [2.45, 2.75) is 18.2 Å². The average molecular weight is 278 g/mol. The van der Waals surface area contributed by atoms with Gasteiger partial charge in [0.1, 0.15) is 0 Å². The quantitative estimate of drug-likeness (QED) is 0.804. The smallest absolute Gasteiger partial charge is 0.271 e. The van der Waals surface area contributed by atoms with Crippen LogP contribution < -0.4 is 5.32 Å². The molecular weight excluding hydrogens is 264 g/mol. The third-order valence-electron chi connectivity index (χ3n) is 1.86. The van der Waals surface area contributed by atoms with Gasteiger partial charge in [0.25, 0.3) is 10.0 Å². The molecule has 7 nitrogen and oxygen atoms in total. The van der Waals surface area contributed by atoms with E-state index < -0.39 is 10.0 Å². The van der Waals surface area contributed by atoms with E-state index >= 15 is 0 Å². The van der Waals surface area contributed by atoms with E-state index in [1.165, 1.54) is 14.1 Å². The summed E-state index contributed by atoms with van der Waals surface area (Å²) in [5, 5.41) is 9.84. The van der Waals surface area contributed by atoms with Crippen molar-refractivity contribution in [3.8, 4) is 0 Å². The van der Waals surface area contributed by atoms with Crippen LogP contribution in [0, 0.1) is 5.92 Å². The lowest BCUT2D eigenvalue weighted by atomic mass is 10.2. The Morgan fingerprint density at radius 1 is 1.35 bits per heavy atom. The van der Waals surface area contributed by atoms with Gasteiger partial charge in [0.2, 0.25) is 15.4 Å². The fraction of sp³-hybridized carbons (Fsp3) is 0.625. The maximum Gasteiger partial charge on any atom is 0.271 e. The average Bonchev–Trinajstić information content (AvgIpc) is 2.66. The first-order valence-electron chi connectivity index (χ1n) is 4.82. The summed E-state index contributed by atoms with van der Waals surface area (Å²) in [6.45, 7) is 3.46. The molecule has 0 saturated heterocycles. The van der Waals surface area contributed by atoms with Crippen molar-refractivity contribution in [2.24, 2.45) is 5.92 Å². The molecule has 1 amide bonds. The first-order valence-corrected chi connectivity index (χ1v) is 7.07. The Bertz CT molecular complexity index is 507. The third-order valence-corrected chi connectivity index (χ3v) is 4.86. The minimum Gasteiger partial charge on any atom is -0.300 e. The molecule has 0 radical (unpaired) electrons. The van der Waals surface area contributed by atoms with Crippen LogP contribution in [0.3, 0.4) is 0 Å². The van der Waals surface area contributed by atoms with Crippen LogP contribution in [0.25, 0.3) is 0 Å². The van der Waals surface area contributed by atoms with Crippen LogP contribution in [0.1, 0.15) is 13.8 Å². The predicted octanol–water partition coefficient (Wildman–Crippen LogP) is 0.383. The van der Waals surface area contributed by atoms with Crippen LogP contribution in [0.5, 0.6) is 0 Å². The molecule has 96 valence electrons. The molecule has 17 heavy (non-hydrogen) atoms. The molecule has 1 aromatic rings. The molecule has 0 bridgehead atoms. The highest BCUT2D eigenvalue weighted by molar-refractivity contribution is 7.91. The van der Waals surface area contributed by atoms with E-state index in [0.717, 1.165) is 15.6 Å². The van der Waals surface area contributed by atoms with Crippen molar-refractivity contribution < 1.29 is 13.2 Å². The van der Waals surface area contributed by atoms with Crippen molar-refractivity contribution in [1.82, 2.24) is 14.5 Å². The zero-order valence-corrected chi connectivity index (χ0v) is 11.6. The molecular formula is C8H14N4O3S2. The number of sulfonamides is 1. The first-order chi connectivity index (χ1) is 7.75. The van der Waals surface area contributed by atoms with Crippen LogP contribution in [-0.2, 0) is 14.8 Å². The second-order valence-corrected chi connectivity index (χ2v) is 7.11. The number of amides is 1. The Morgan fingerprint density at radius 3 is 2.41 bits per heavy atom. The highest BCUT2D eigenvalue weighted by atomic mass is 32.2. The molecule has 0 saturated carbocycles. The van der Waals surface area contributed by atoms with Gasteiger partial charge in [-0.15, -0.1) is 10.2 Å². The van der Waals surface area contributed by atoms with Crippen molar-refractivity contribution in [3.63, 3.8) is 0 Å². The number of nitrogens with one attached hydrogen (secondary N) is 1. The van der Waals surface area contributed by atoms with Crippen LogP contribution in [0.15, 0.2) is 4.34 Å². The number of anilines is 1. The van der Waals surface area contributed by atoms with Gasteiger partial charge < -0.3 is 5.32 Å². The molecule has 1 heterocycles. The fourth-order valence-electron chi connectivity index (χ4n) is 0.770. The Morgan fingerprint density at radius 2 is 1.94 bits per heavy atom. The molecule has 1 N–H and O–H groups in total. The molecule has 1 aromatic heterocycles. The van der Waals surface area contributed by atoms with Crippen molar-refractivity contribution in [1.29, 1.82) is 0 Å². The number of aromatic nitrogens is 2. The summed E-state index contributed by atoms with van der Waals surface area (Å²) in [5.41, 5.74) is 0. The zero-order chi connectivity index (χ0) is 13.2. The number of carbonyl (C=O) groups excluding carboxylic acids is 1. The molecule has 0 fully saturated rings. The van der Waals surface area contributed by atoms with Crippen molar-refractivity contribution in [3.05, 3.63) is 0 Å². The summed E-state index contributed by atoms with van der Waals surface area (Å²) in [5.74, 6) is -0.428. The lowest BCUT2D eigenvalue weighted by Crippen LogP contribution is -2.22. The van der Waals surface area contributed by atoms with E-state index in [9.17, 15) is 13.2 Å². The van der Waals surface area contributed by atoms with Gasteiger partial charge >= 0.3 is 0 Å². The summed E-state index contributed by atoms with van der Waals surface area (Å²) in [4.78, 5) is 11.4. The van der Waals surface area contributed by atoms with Crippen LogP contribution in [-0.4, -0.2) is 42.9 Å². The van der Waals surface area contributed by atoms with Gasteiger partial charge in [-0.25, -0.2) is 12.7 Å². The molecule has 0 spiro atoms. The second-order valence-electron chi connectivity index (χ2n) is 3.80. The Balaban J connectivity index is 2.90. The first kappa shape index (κ1) is 14.0. The van der Waals surface area contributed by atoms with Crippen molar-refractivity contribution >= 4 is 32.4 Å². The number of hydrogen-bond acceptors (Lipinski definition) is 6. The normalized spacial score (nSPS) is 12.1. The van der Waals surface area contributed by atoms with E-state index in [4.69, 9.17) is 0 Å². The van der Waals surface area contributed by atoms with Gasteiger partial charge in [-0.1, -0.05) is 25.2 Å². The van der Waals surface area contributed by atoms with Crippen molar-refractivity contribution in [2.75, 3.05) is 19.4 Å². The fourth-order valence-corrected chi connectivity index (χ4v) is 2.81. The lowest BCUT2D eigenvalue weighted by Gasteiger charge is -2.06. The molecule has 0 atom stereocenters. The monoisotopic (exact) mass is 278 g/mol. The lowest BCUT2D eigenvalue weighted by molar-refractivity contribution is -0.118. The highest BCUT2D eigenvalue weighted by Crippen LogP contribution is 2.22. The van der Waals surface area contributed by atoms with Gasteiger partial charge in [-0.2, -0.15) is 0 Å². The maximum atomic E-state index is 11.7. The summed E-state index contributed by atoms with van der Waals surface area (Å²) < 4.78 is 24.3. The number of carbonyl (C=O) groups is 1. The molecule has 0 aliphatic rings. The SMILES string of the molecule is CC(C)C(=O)Nc1nnc(S(=O)(=O)N(C)C)s1. The standard InChI is InChI=1S/C8H14N4O3S2/c1-5(2)6(13)9-7-10-11-8(16-7)17(14,15)12(3)4/h5H,1-4H3,(H,9,10,13). The minimum absolute atomic E-state index is 0.137. The van der Waals surface area contributed by atoms with E-state index in [2.05, 4.69) is 15.5 Å². The van der Waals surface area contributed by atoms with Gasteiger partial charge in [0.15, 0.2) is 0 Å². The maximum absolute atomic E-state index is 11.7. The van der Waals surface area contributed by atoms with Crippen LogP contribution >= 0.6 is 11.3 Å². The third kappa shape index (κ3) is 3.20. The largest absolute Gasteiger partial charge is 0.300 e. The van der Waals surface area contributed by atoms with Gasteiger partial charge in [0.05, 0.1) is 0 Å². The van der Waals surface area contributed by atoms with Gasteiger partial charge in [0, 0.05) is 20.0 Å². The Hall–Kier alpha value is -1.06. The summed E-state index contributed by atoms with van der Waals surface area (Å²) in [6, 6.07) is 0. The molecule has 1 rings (SSSR count). The van der Waals surface area contributed by atoms with Crippen LogP contribution in [0.2, 0.25) is 0 Å². The van der Waals surface area contributed by atoms with Crippen LogP contribution in [0.4, 0.5) is 5.13 Å². The Labute approximate surface area is 104 Å². The molecule has 0 aliphatic heterocycles. The van der Waals surface area contributed by atoms with E-state index in [1.54, 1.807) is 13.8 Å². The molecule has 0 unspecified atom stereocenters. The summed E-state index contributed by atoms with van der Waals surface area (Å²) >= 11 is 0.830. The van der Waals surface area contributed by atoms with E-state index in [1.807, 2.05) is 0 Å². The topological polar surface area (TPSA) is 92.3 Å². The van der Waals surface area contributed by atoms with E-state index in [-0.39, 0.29) is 21.3 Å². The molecule has 0 aliphatic carbocycles. The molecule has 9 heteroatoms. The number of rotatable bonds is 4. The second kappa shape index (κ2) is 5.07. The zero-order valence-electron chi connectivity index (χ0n) is 9.96. The minimum atomic E-state index is -3.59. The van der Waals surface area contributed by atoms with Gasteiger partial charge in [-0.3, -0.25) is 4.79 Å². The summed E-state index contributed by atoms with van der Waals surface area (Å²) in [6.07, 6.45) is 0. The summed E-state index contributed by atoms with van der Waals surface area (Å²) in [7, 11) is -0.773. The number of hydrogen-bond donors (Lipinski definition) is 1. The Kier molecular flexibility index (Phi) is 4.17. The molecule has 0 aromatic carbocycles. The number of nitrogens with zero attached hydrogens (tertiary/aromatic N) is 3. The van der Waals surface area contributed by atoms with Gasteiger partial charge in [-0.05, 0) is 0 Å².